The van der Waals surface area contributed by atoms with E-state index in [0.717, 1.165) is 25.9 Å². The Hall–Kier alpha value is -1.67. The first kappa shape index (κ1) is 24.5. The molecule has 2 unspecified atom stereocenters. The number of hydrogen-bond donors (Lipinski definition) is 1. The second-order valence-electron chi connectivity index (χ2n) is 10.9. The number of aliphatic hydroxyl groups is 1. The number of esters is 3. The largest absolute Gasteiger partial charge is 0.462 e. The van der Waals surface area contributed by atoms with Gasteiger partial charge in [-0.15, -0.1) is 0 Å². The predicted octanol–water partition coefficient (Wildman–Crippen LogP) is 2.31. The van der Waals surface area contributed by atoms with E-state index in [0.29, 0.717) is 19.4 Å². The first-order chi connectivity index (χ1) is 15.6. The molecule has 186 valence electrons. The third-order valence-electron chi connectivity index (χ3n) is 8.72. The second kappa shape index (κ2) is 9.53. The molecule has 0 amide bonds. The van der Waals surface area contributed by atoms with E-state index in [1.807, 2.05) is 6.92 Å². The Morgan fingerprint density at radius 3 is 2.33 bits per heavy atom. The highest BCUT2D eigenvalue weighted by Gasteiger charge is 2.67. The summed E-state index contributed by atoms with van der Waals surface area (Å²) in [5.74, 6) is -2.05. The van der Waals surface area contributed by atoms with Gasteiger partial charge in [0.2, 0.25) is 0 Å². The van der Waals surface area contributed by atoms with Gasteiger partial charge in [0.15, 0.2) is 0 Å². The molecule has 2 aliphatic heterocycles. The van der Waals surface area contributed by atoms with Crippen LogP contribution in [0.1, 0.15) is 66.2 Å². The molecule has 9 atom stereocenters. The summed E-state index contributed by atoms with van der Waals surface area (Å²) in [5, 5.41) is 11.9. The van der Waals surface area contributed by atoms with Crippen molar-refractivity contribution in [2.75, 3.05) is 19.6 Å². The molecule has 1 N–H and O–H groups in total. The summed E-state index contributed by atoms with van der Waals surface area (Å²) in [7, 11) is 0. The third-order valence-corrected chi connectivity index (χ3v) is 8.72. The van der Waals surface area contributed by atoms with Gasteiger partial charge in [-0.1, -0.05) is 26.7 Å². The zero-order valence-corrected chi connectivity index (χ0v) is 20.3. The summed E-state index contributed by atoms with van der Waals surface area (Å²) in [6, 6.07) is 0. The molecule has 2 aliphatic carbocycles. The summed E-state index contributed by atoms with van der Waals surface area (Å²) in [4.78, 5) is 39.2. The summed E-state index contributed by atoms with van der Waals surface area (Å²) in [5.41, 5.74) is -0.852. The summed E-state index contributed by atoms with van der Waals surface area (Å²) in [6.45, 7) is 9.22. The molecule has 0 aromatic heterocycles. The zero-order chi connectivity index (χ0) is 23.9. The lowest BCUT2D eigenvalue weighted by atomic mass is 9.66. The zero-order valence-electron chi connectivity index (χ0n) is 20.3. The molecule has 0 aromatic rings. The lowest BCUT2D eigenvalue weighted by molar-refractivity contribution is -0.165. The van der Waals surface area contributed by atoms with Crippen molar-refractivity contribution < 1.29 is 33.7 Å². The van der Waals surface area contributed by atoms with Gasteiger partial charge in [0, 0.05) is 44.1 Å². The lowest BCUT2D eigenvalue weighted by Crippen LogP contribution is -2.52. The van der Waals surface area contributed by atoms with Crippen LogP contribution in [0.2, 0.25) is 0 Å². The Morgan fingerprint density at radius 1 is 1.09 bits per heavy atom. The minimum absolute atomic E-state index is 0.00861. The molecule has 4 rings (SSSR count). The fourth-order valence-electron chi connectivity index (χ4n) is 7.38. The quantitative estimate of drug-likeness (QED) is 0.499. The number of carbonyl (C=O) groups excluding carboxylic acids is 3. The maximum atomic E-state index is 13.0. The van der Waals surface area contributed by atoms with Crippen molar-refractivity contribution in [2.45, 2.75) is 90.6 Å². The number of fused-ring (bicyclic) bond motifs is 2. The summed E-state index contributed by atoms with van der Waals surface area (Å²) >= 11 is 0. The molecule has 0 aromatic carbocycles. The van der Waals surface area contributed by atoms with E-state index in [9.17, 15) is 19.5 Å². The van der Waals surface area contributed by atoms with Crippen LogP contribution in [0.3, 0.4) is 0 Å². The maximum absolute atomic E-state index is 13.0. The standard InChI is InChI=1S/C25H39NO7/c1-14-11-18-21(17(24(30)33-18)13-26-9-7-5-6-8-10-26)23(29)25(4)20(32-16(3)28)12-19(22(14)25)31-15(2)27/h14,17-23,29H,5-13H2,1-4H3/t14-,17?,18+,19+,20+,21-,22?,23+,25-/m1/s1. The first-order valence-electron chi connectivity index (χ1n) is 12.6. The lowest BCUT2D eigenvalue weighted by Gasteiger charge is -2.43. The van der Waals surface area contributed by atoms with Gasteiger partial charge < -0.3 is 24.2 Å². The van der Waals surface area contributed by atoms with Crippen molar-refractivity contribution in [3.8, 4) is 0 Å². The van der Waals surface area contributed by atoms with E-state index >= 15 is 0 Å². The van der Waals surface area contributed by atoms with Crippen molar-refractivity contribution in [3.05, 3.63) is 0 Å². The smallest absolute Gasteiger partial charge is 0.311 e. The van der Waals surface area contributed by atoms with Gasteiger partial charge >= 0.3 is 17.9 Å². The Kier molecular flexibility index (Phi) is 7.06. The fraction of sp³-hybridized carbons (Fsp3) is 0.880. The molecule has 0 bridgehead atoms. The first-order valence-corrected chi connectivity index (χ1v) is 12.6. The molecule has 0 radical (unpaired) electrons. The Balaban J connectivity index is 1.67. The SMILES string of the molecule is CC(=O)O[C@H]1C[C@H](OC(C)=O)[C@]2(C)C1[C@H](C)C[C@@H]1OC(=O)C(CN3CCCCCC3)[C@H]1[C@@H]2O. The van der Waals surface area contributed by atoms with Crippen LogP contribution in [0, 0.1) is 29.1 Å². The number of aliphatic hydroxyl groups excluding tert-OH is 1. The number of rotatable bonds is 4. The Labute approximate surface area is 196 Å². The number of ether oxygens (including phenoxy) is 3. The van der Waals surface area contributed by atoms with Gasteiger partial charge in [-0.05, 0) is 38.3 Å². The number of hydrogen-bond acceptors (Lipinski definition) is 8. The molecule has 2 saturated heterocycles. The van der Waals surface area contributed by atoms with Gasteiger partial charge in [0.1, 0.15) is 18.3 Å². The summed E-state index contributed by atoms with van der Waals surface area (Å²) in [6.07, 6.45) is 3.22. The van der Waals surface area contributed by atoms with E-state index in [4.69, 9.17) is 14.2 Å². The molecule has 4 aliphatic rings. The fourth-order valence-corrected chi connectivity index (χ4v) is 7.38. The van der Waals surface area contributed by atoms with Crippen LogP contribution in [-0.4, -0.2) is 72.0 Å². The average Bonchev–Trinajstić information content (AvgIpc) is 2.99. The molecular weight excluding hydrogens is 426 g/mol. The minimum atomic E-state index is -0.925. The Bertz CT molecular complexity index is 764. The highest BCUT2D eigenvalue weighted by Crippen LogP contribution is 2.59. The van der Waals surface area contributed by atoms with Crippen molar-refractivity contribution in [1.82, 2.24) is 4.90 Å². The van der Waals surface area contributed by atoms with Gasteiger partial charge in [-0.3, -0.25) is 14.4 Å². The van der Waals surface area contributed by atoms with Gasteiger partial charge in [-0.25, -0.2) is 0 Å². The molecule has 2 heterocycles. The normalized spacial score (nSPS) is 43.6. The monoisotopic (exact) mass is 465 g/mol. The van der Waals surface area contributed by atoms with Gasteiger partial charge in [0.05, 0.1) is 12.0 Å². The van der Waals surface area contributed by atoms with E-state index in [-0.39, 0.29) is 29.7 Å². The highest BCUT2D eigenvalue weighted by molar-refractivity contribution is 5.76. The maximum Gasteiger partial charge on any atom is 0.311 e. The van der Waals surface area contributed by atoms with Crippen LogP contribution >= 0.6 is 0 Å². The van der Waals surface area contributed by atoms with Crippen LogP contribution in [0.4, 0.5) is 0 Å². The second-order valence-corrected chi connectivity index (χ2v) is 10.9. The topological polar surface area (TPSA) is 102 Å². The molecule has 8 nitrogen and oxygen atoms in total. The van der Waals surface area contributed by atoms with Crippen LogP contribution in [0.25, 0.3) is 0 Å². The highest BCUT2D eigenvalue weighted by atomic mass is 16.6. The van der Waals surface area contributed by atoms with E-state index in [2.05, 4.69) is 11.8 Å². The van der Waals surface area contributed by atoms with Crippen LogP contribution < -0.4 is 0 Å². The third kappa shape index (κ3) is 4.53. The van der Waals surface area contributed by atoms with Crippen molar-refractivity contribution in [1.29, 1.82) is 0 Å². The van der Waals surface area contributed by atoms with Gasteiger partial charge in [0.25, 0.3) is 0 Å². The molecule has 0 spiro atoms. The van der Waals surface area contributed by atoms with Crippen molar-refractivity contribution >= 4 is 17.9 Å². The number of likely N-dealkylation sites (tertiary alicyclic amines) is 1. The Morgan fingerprint density at radius 2 is 1.73 bits per heavy atom. The van der Waals surface area contributed by atoms with E-state index < -0.39 is 41.7 Å². The molecule has 8 heteroatoms. The molecule has 2 saturated carbocycles. The predicted molar refractivity (Wildman–Crippen MR) is 119 cm³/mol. The van der Waals surface area contributed by atoms with E-state index in [1.165, 1.54) is 26.7 Å². The average molecular weight is 466 g/mol. The molecule has 4 fully saturated rings. The van der Waals surface area contributed by atoms with Crippen molar-refractivity contribution in [2.24, 2.45) is 29.1 Å². The number of carbonyl (C=O) groups is 3. The van der Waals surface area contributed by atoms with Crippen LogP contribution in [0.15, 0.2) is 0 Å². The van der Waals surface area contributed by atoms with Crippen LogP contribution in [-0.2, 0) is 28.6 Å². The van der Waals surface area contributed by atoms with E-state index in [1.54, 1.807) is 0 Å². The van der Waals surface area contributed by atoms with Crippen molar-refractivity contribution in [3.63, 3.8) is 0 Å². The molecular formula is C25H39NO7. The minimum Gasteiger partial charge on any atom is -0.462 e. The van der Waals surface area contributed by atoms with Crippen LogP contribution in [0.5, 0.6) is 0 Å². The summed E-state index contributed by atoms with van der Waals surface area (Å²) < 4.78 is 17.3. The number of nitrogens with zero attached hydrogens (tertiary/aromatic N) is 1. The van der Waals surface area contributed by atoms with Gasteiger partial charge in [-0.2, -0.15) is 0 Å². The molecule has 33 heavy (non-hydrogen) atoms.